The number of benzene rings is 1. The molecule has 1 aliphatic heterocycles. The van der Waals surface area contributed by atoms with Crippen LogP contribution in [0.4, 0.5) is 0 Å². The molecule has 0 fully saturated rings. The number of hydrazone groups is 1. The van der Waals surface area contributed by atoms with Gasteiger partial charge in [-0.3, -0.25) is 4.79 Å². The van der Waals surface area contributed by atoms with Gasteiger partial charge in [0.1, 0.15) is 0 Å². The molecule has 1 aromatic carbocycles. The third-order valence-corrected chi connectivity index (χ3v) is 3.22. The zero-order chi connectivity index (χ0) is 15.6. The SMILES string of the molecule is CCOC(=O)[C@]1(O)CC(C)=NN1C(=O)c1cccc(Cl)c1. The average molecular weight is 311 g/mol. The van der Waals surface area contributed by atoms with Crippen LogP contribution in [0.2, 0.25) is 5.02 Å². The molecule has 7 heteroatoms. The molecule has 1 aliphatic rings. The number of halogens is 1. The Morgan fingerprint density at radius 1 is 1.52 bits per heavy atom. The monoisotopic (exact) mass is 310 g/mol. The maximum atomic E-state index is 12.5. The Labute approximate surface area is 127 Å². The van der Waals surface area contributed by atoms with Crippen molar-refractivity contribution in [3.63, 3.8) is 0 Å². The number of esters is 1. The second-order valence-electron chi connectivity index (χ2n) is 4.68. The number of amides is 1. The summed E-state index contributed by atoms with van der Waals surface area (Å²) >= 11 is 5.85. The third kappa shape index (κ3) is 2.91. The van der Waals surface area contributed by atoms with Crippen LogP contribution in [0.1, 0.15) is 30.6 Å². The van der Waals surface area contributed by atoms with Gasteiger partial charge in [0.05, 0.1) is 6.61 Å². The summed E-state index contributed by atoms with van der Waals surface area (Å²) in [4.78, 5) is 24.4. The van der Waals surface area contributed by atoms with Gasteiger partial charge < -0.3 is 9.84 Å². The molecule has 112 valence electrons. The van der Waals surface area contributed by atoms with Gasteiger partial charge in [0.25, 0.3) is 11.6 Å². The molecule has 0 bridgehead atoms. The topological polar surface area (TPSA) is 79.2 Å². The van der Waals surface area contributed by atoms with E-state index in [1.807, 2.05) is 0 Å². The van der Waals surface area contributed by atoms with E-state index in [-0.39, 0.29) is 18.6 Å². The highest BCUT2D eigenvalue weighted by molar-refractivity contribution is 6.31. The summed E-state index contributed by atoms with van der Waals surface area (Å²) in [6, 6.07) is 6.20. The van der Waals surface area contributed by atoms with Crippen LogP contribution in [0, 0.1) is 0 Å². The fourth-order valence-electron chi connectivity index (χ4n) is 2.08. The van der Waals surface area contributed by atoms with Gasteiger partial charge in [-0.15, -0.1) is 0 Å². The van der Waals surface area contributed by atoms with Crippen LogP contribution in [-0.2, 0) is 9.53 Å². The van der Waals surface area contributed by atoms with E-state index >= 15 is 0 Å². The summed E-state index contributed by atoms with van der Waals surface area (Å²) in [6.07, 6.45) is -0.0852. The number of hydrogen-bond acceptors (Lipinski definition) is 5. The Morgan fingerprint density at radius 2 is 2.24 bits per heavy atom. The second-order valence-corrected chi connectivity index (χ2v) is 5.11. The number of rotatable bonds is 3. The van der Waals surface area contributed by atoms with Gasteiger partial charge in [0.15, 0.2) is 0 Å². The molecule has 0 radical (unpaired) electrons. The van der Waals surface area contributed by atoms with E-state index in [0.29, 0.717) is 10.7 Å². The van der Waals surface area contributed by atoms with Crippen molar-refractivity contribution in [1.82, 2.24) is 5.01 Å². The van der Waals surface area contributed by atoms with Gasteiger partial charge in [-0.25, -0.2) is 4.79 Å². The molecule has 1 aromatic rings. The van der Waals surface area contributed by atoms with E-state index in [4.69, 9.17) is 16.3 Å². The standard InChI is InChI=1S/C14H15ClN2O4/c1-3-21-13(19)14(20)8-9(2)16-17(14)12(18)10-5-4-6-11(15)7-10/h4-7,20H,3,8H2,1-2H3/t14-/m1/s1. The number of carbonyl (C=O) groups excluding carboxylic acids is 2. The number of hydrogen-bond donors (Lipinski definition) is 1. The molecular formula is C14H15ClN2O4. The van der Waals surface area contributed by atoms with E-state index in [1.54, 1.807) is 26.0 Å². The van der Waals surface area contributed by atoms with Gasteiger partial charge in [0.2, 0.25) is 0 Å². The molecule has 0 saturated carbocycles. The average Bonchev–Trinajstić information content (AvgIpc) is 2.75. The van der Waals surface area contributed by atoms with Crippen LogP contribution in [-0.4, -0.2) is 40.0 Å². The molecule has 1 amide bonds. The van der Waals surface area contributed by atoms with Crippen molar-refractivity contribution in [1.29, 1.82) is 0 Å². The highest BCUT2D eigenvalue weighted by Crippen LogP contribution is 2.29. The van der Waals surface area contributed by atoms with E-state index in [0.717, 1.165) is 5.01 Å². The van der Waals surface area contributed by atoms with Crippen molar-refractivity contribution in [2.75, 3.05) is 6.61 Å². The minimum absolute atomic E-state index is 0.0852. The Balaban J connectivity index is 2.35. The first kappa shape index (κ1) is 15.5. The maximum Gasteiger partial charge on any atom is 0.362 e. The van der Waals surface area contributed by atoms with Crippen molar-refractivity contribution in [3.05, 3.63) is 34.9 Å². The van der Waals surface area contributed by atoms with Crippen LogP contribution >= 0.6 is 11.6 Å². The summed E-state index contributed by atoms with van der Waals surface area (Å²) in [6.45, 7) is 3.34. The van der Waals surface area contributed by atoms with Gasteiger partial charge in [-0.1, -0.05) is 17.7 Å². The minimum Gasteiger partial charge on any atom is -0.462 e. The molecule has 0 unspecified atom stereocenters. The quantitative estimate of drug-likeness (QED) is 0.864. The normalized spacial score (nSPS) is 21.1. The molecule has 0 saturated heterocycles. The fraction of sp³-hybridized carbons (Fsp3) is 0.357. The summed E-state index contributed by atoms with van der Waals surface area (Å²) < 4.78 is 4.83. The molecule has 21 heavy (non-hydrogen) atoms. The maximum absolute atomic E-state index is 12.5. The molecule has 2 rings (SSSR count). The highest BCUT2D eigenvalue weighted by Gasteiger charge is 2.51. The number of nitrogens with zero attached hydrogens (tertiary/aromatic N) is 2. The van der Waals surface area contributed by atoms with Gasteiger partial charge in [-0.2, -0.15) is 10.1 Å². The Kier molecular flexibility index (Phi) is 4.29. The van der Waals surface area contributed by atoms with Crippen molar-refractivity contribution >= 4 is 29.2 Å². The summed E-state index contributed by atoms with van der Waals surface area (Å²) in [5.74, 6) is -1.52. The van der Waals surface area contributed by atoms with Gasteiger partial charge in [0, 0.05) is 22.7 Å². The van der Waals surface area contributed by atoms with E-state index in [9.17, 15) is 14.7 Å². The van der Waals surface area contributed by atoms with Crippen molar-refractivity contribution in [3.8, 4) is 0 Å². The van der Waals surface area contributed by atoms with Crippen LogP contribution < -0.4 is 0 Å². The third-order valence-electron chi connectivity index (χ3n) is 2.99. The van der Waals surface area contributed by atoms with E-state index in [2.05, 4.69) is 5.10 Å². The predicted octanol–water partition coefficient (Wildman–Crippen LogP) is 1.81. The zero-order valence-corrected chi connectivity index (χ0v) is 12.4. The molecule has 0 aromatic heterocycles. The zero-order valence-electron chi connectivity index (χ0n) is 11.7. The molecular weight excluding hydrogens is 296 g/mol. The number of ether oxygens (including phenoxy) is 1. The first-order valence-electron chi connectivity index (χ1n) is 6.42. The molecule has 1 heterocycles. The van der Waals surface area contributed by atoms with Crippen LogP contribution in [0.3, 0.4) is 0 Å². The molecule has 1 N–H and O–H groups in total. The smallest absolute Gasteiger partial charge is 0.362 e. The van der Waals surface area contributed by atoms with E-state index < -0.39 is 17.6 Å². The summed E-state index contributed by atoms with van der Waals surface area (Å²) in [5, 5.41) is 15.6. The Morgan fingerprint density at radius 3 is 2.86 bits per heavy atom. The van der Waals surface area contributed by atoms with E-state index in [1.165, 1.54) is 12.1 Å². The summed E-state index contributed by atoms with van der Waals surface area (Å²) in [5.41, 5.74) is -1.43. The van der Waals surface area contributed by atoms with Crippen molar-refractivity contribution in [2.24, 2.45) is 5.10 Å². The highest BCUT2D eigenvalue weighted by atomic mass is 35.5. The summed E-state index contributed by atoms with van der Waals surface area (Å²) in [7, 11) is 0. The predicted molar refractivity (Wildman–Crippen MR) is 76.9 cm³/mol. The van der Waals surface area contributed by atoms with Crippen LogP contribution in [0.15, 0.2) is 29.4 Å². The van der Waals surface area contributed by atoms with Crippen molar-refractivity contribution in [2.45, 2.75) is 26.0 Å². The molecule has 6 nitrogen and oxygen atoms in total. The van der Waals surface area contributed by atoms with Gasteiger partial charge >= 0.3 is 5.97 Å². The molecule has 0 spiro atoms. The lowest BCUT2D eigenvalue weighted by Gasteiger charge is -2.28. The first-order chi connectivity index (χ1) is 9.88. The number of carbonyl (C=O) groups is 2. The van der Waals surface area contributed by atoms with Gasteiger partial charge in [-0.05, 0) is 32.0 Å². The largest absolute Gasteiger partial charge is 0.462 e. The molecule has 0 aliphatic carbocycles. The lowest BCUT2D eigenvalue weighted by Crippen LogP contribution is -2.53. The second kappa shape index (κ2) is 5.83. The Bertz CT molecular complexity index is 617. The van der Waals surface area contributed by atoms with Crippen molar-refractivity contribution < 1.29 is 19.4 Å². The minimum atomic E-state index is -2.11. The lowest BCUT2D eigenvalue weighted by atomic mass is 10.1. The lowest BCUT2D eigenvalue weighted by molar-refractivity contribution is -0.179. The fourth-order valence-corrected chi connectivity index (χ4v) is 2.27. The van der Waals surface area contributed by atoms with Crippen LogP contribution in [0.25, 0.3) is 0 Å². The molecule has 1 atom stereocenters. The van der Waals surface area contributed by atoms with Crippen LogP contribution in [0.5, 0.6) is 0 Å². The number of aliphatic hydroxyl groups is 1. The first-order valence-corrected chi connectivity index (χ1v) is 6.80. The Hall–Kier alpha value is -1.92.